The van der Waals surface area contributed by atoms with Gasteiger partial charge in [-0.3, -0.25) is 14.4 Å². The van der Waals surface area contributed by atoms with Gasteiger partial charge in [0.25, 0.3) is 5.91 Å². The van der Waals surface area contributed by atoms with Crippen LogP contribution in [-0.2, 0) is 9.59 Å². The third-order valence-corrected chi connectivity index (χ3v) is 5.40. The van der Waals surface area contributed by atoms with E-state index in [1.54, 1.807) is 24.3 Å². The number of halogens is 1. The van der Waals surface area contributed by atoms with Gasteiger partial charge >= 0.3 is 5.97 Å². The Morgan fingerprint density at radius 1 is 1.14 bits per heavy atom. The Balaban J connectivity index is 1.71. The summed E-state index contributed by atoms with van der Waals surface area (Å²) in [5.74, 6) is -1.52. The van der Waals surface area contributed by atoms with E-state index in [2.05, 4.69) is 15.6 Å². The summed E-state index contributed by atoms with van der Waals surface area (Å²) in [6.45, 7) is 1.86. The fourth-order valence-electron chi connectivity index (χ4n) is 2.68. The molecule has 0 aliphatic carbocycles. The van der Waals surface area contributed by atoms with Gasteiger partial charge in [-0.15, -0.1) is 0 Å². The molecule has 1 heterocycles. The number of rotatable bonds is 7. The van der Waals surface area contributed by atoms with E-state index in [0.29, 0.717) is 26.9 Å². The normalized spacial score (nSPS) is 10.7. The maximum Gasteiger partial charge on any atom is 0.303 e. The second-order valence-corrected chi connectivity index (χ2v) is 7.82. The summed E-state index contributed by atoms with van der Waals surface area (Å²) in [5, 5.41) is 15.0. The highest BCUT2D eigenvalue weighted by Gasteiger charge is 2.14. The number of benzene rings is 2. The van der Waals surface area contributed by atoms with E-state index in [1.165, 1.54) is 11.3 Å². The van der Waals surface area contributed by atoms with Crippen LogP contribution in [0, 0.1) is 6.92 Å². The molecule has 1 aromatic heterocycles. The van der Waals surface area contributed by atoms with Gasteiger partial charge in [-0.2, -0.15) is 0 Å². The van der Waals surface area contributed by atoms with Gasteiger partial charge in [0.1, 0.15) is 0 Å². The molecule has 7 nitrogen and oxygen atoms in total. The highest BCUT2D eigenvalue weighted by molar-refractivity contribution is 7.22. The molecule has 0 aliphatic heterocycles. The number of hydrogen-bond acceptors (Lipinski definition) is 5. The first-order valence-corrected chi connectivity index (χ1v) is 10.0. The van der Waals surface area contributed by atoms with Crippen molar-refractivity contribution in [1.82, 2.24) is 4.98 Å². The number of para-hydroxylation sites is 1. The number of aromatic nitrogens is 1. The molecule has 0 fully saturated rings. The van der Waals surface area contributed by atoms with Crippen LogP contribution in [0.15, 0.2) is 36.4 Å². The quantitative estimate of drug-likeness (QED) is 0.502. The zero-order valence-electron chi connectivity index (χ0n) is 15.5. The third kappa shape index (κ3) is 5.30. The first-order chi connectivity index (χ1) is 13.8. The SMILES string of the molecule is Cc1cccc(Cl)c1NC(=O)c1ccc2nc(NC(=O)CCCC(=O)O)sc2c1. The zero-order valence-corrected chi connectivity index (χ0v) is 17.1. The first kappa shape index (κ1) is 20.8. The number of anilines is 2. The van der Waals surface area contributed by atoms with Gasteiger partial charge in [-0.05, 0) is 43.2 Å². The van der Waals surface area contributed by atoms with E-state index in [4.69, 9.17) is 16.7 Å². The van der Waals surface area contributed by atoms with Crippen molar-refractivity contribution < 1.29 is 19.5 Å². The Bertz CT molecular complexity index is 1080. The minimum Gasteiger partial charge on any atom is -0.481 e. The summed E-state index contributed by atoms with van der Waals surface area (Å²) >= 11 is 7.41. The summed E-state index contributed by atoms with van der Waals surface area (Å²) in [6, 6.07) is 10.5. The Morgan fingerprint density at radius 2 is 1.93 bits per heavy atom. The minimum absolute atomic E-state index is 0.0589. The van der Waals surface area contributed by atoms with E-state index in [9.17, 15) is 14.4 Å². The van der Waals surface area contributed by atoms with Crippen molar-refractivity contribution in [2.24, 2.45) is 0 Å². The average Bonchev–Trinajstić information content (AvgIpc) is 3.05. The number of fused-ring (bicyclic) bond motifs is 1. The number of thiazole rings is 1. The van der Waals surface area contributed by atoms with Crippen LogP contribution in [0.4, 0.5) is 10.8 Å². The second-order valence-electron chi connectivity index (χ2n) is 6.38. The Kier molecular flexibility index (Phi) is 6.46. The molecule has 0 saturated carbocycles. The van der Waals surface area contributed by atoms with Crippen molar-refractivity contribution in [1.29, 1.82) is 0 Å². The van der Waals surface area contributed by atoms with Gasteiger partial charge in [-0.1, -0.05) is 35.1 Å². The molecule has 0 aliphatic rings. The van der Waals surface area contributed by atoms with Crippen LogP contribution in [0.1, 0.15) is 35.2 Å². The summed E-state index contributed by atoms with van der Waals surface area (Å²) in [4.78, 5) is 39.4. The lowest BCUT2D eigenvalue weighted by atomic mass is 10.1. The molecule has 0 unspecified atom stereocenters. The summed E-state index contributed by atoms with van der Waals surface area (Å²) in [7, 11) is 0. The number of carbonyl (C=O) groups is 3. The largest absolute Gasteiger partial charge is 0.481 e. The Labute approximate surface area is 175 Å². The molecule has 3 rings (SSSR count). The number of aryl methyl sites for hydroxylation is 1. The van der Waals surface area contributed by atoms with Crippen molar-refractivity contribution in [2.75, 3.05) is 10.6 Å². The number of hydrogen-bond donors (Lipinski definition) is 3. The van der Waals surface area contributed by atoms with E-state index in [-0.39, 0.29) is 31.1 Å². The molecule has 2 aromatic carbocycles. The number of carboxylic acids is 1. The van der Waals surface area contributed by atoms with E-state index in [1.807, 2.05) is 19.1 Å². The van der Waals surface area contributed by atoms with Crippen LogP contribution < -0.4 is 10.6 Å². The predicted molar refractivity (Wildman–Crippen MR) is 114 cm³/mol. The average molecular weight is 432 g/mol. The number of nitrogens with one attached hydrogen (secondary N) is 2. The van der Waals surface area contributed by atoms with Crippen molar-refractivity contribution in [3.8, 4) is 0 Å². The predicted octanol–water partition coefficient (Wildman–Crippen LogP) is 4.70. The highest BCUT2D eigenvalue weighted by Crippen LogP contribution is 2.29. The van der Waals surface area contributed by atoms with Crippen molar-refractivity contribution in [2.45, 2.75) is 26.2 Å². The molecule has 2 amide bonds. The van der Waals surface area contributed by atoms with Crippen LogP contribution in [0.3, 0.4) is 0 Å². The summed E-state index contributed by atoms with van der Waals surface area (Å²) in [6.07, 6.45) is 0.307. The third-order valence-electron chi connectivity index (χ3n) is 4.15. The van der Waals surface area contributed by atoms with Gasteiger partial charge in [0, 0.05) is 18.4 Å². The monoisotopic (exact) mass is 431 g/mol. The fourth-order valence-corrected chi connectivity index (χ4v) is 3.87. The van der Waals surface area contributed by atoms with Crippen LogP contribution in [0.5, 0.6) is 0 Å². The van der Waals surface area contributed by atoms with Gasteiger partial charge in [-0.25, -0.2) is 4.98 Å². The lowest BCUT2D eigenvalue weighted by Crippen LogP contribution is -2.13. The maximum atomic E-state index is 12.6. The molecule has 29 heavy (non-hydrogen) atoms. The summed E-state index contributed by atoms with van der Waals surface area (Å²) < 4.78 is 0.745. The molecule has 0 radical (unpaired) electrons. The highest BCUT2D eigenvalue weighted by atomic mass is 35.5. The smallest absolute Gasteiger partial charge is 0.303 e. The molecular weight excluding hydrogens is 414 g/mol. The van der Waals surface area contributed by atoms with Crippen molar-refractivity contribution >= 4 is 61.8 Å². The van der Waals surface area contributed by atoms with Gasteiger partial charge in [0.05, 0.1) is 20.9 Å². The minimum atomic E-state index is -0.935. The van der Waals surface area contributed by atoms with Crippen LogP contribution in [0.2, 0.25) is 5.02 Å². The first-order valence-electron chi connectivity index (χ1n) is 8.82. The lowest BCUT2D eigenvalue weighted by Gasteiger charge is -2.10. The van der Waals surface area contributed by atoms with E-state index < -0.39 is 5.97 Å². The summed E-state index contributed by atoms with van der Waals surface area (Å²) in [5.41, 5.74) is 2.52. The fraction of sp³-hybridized carbons (Fsp3) is 0.200. The molecule has 3 aromatic rings. The molecule has 9 heteroatoms. The van der Waals surface area contributed by atoms with Gasteiger partial charge in [0.2, 0.25) is 5.91 Å². The molecule has 0 saturated heterocycles. The van der Waals surface area contributed by atoms with Gasteiger partial charge in [0.15, 0.2) is 5.13 Å². The number of aliphatic carboxylic acids is 1. The molecule has 0 bridgehead atoms. The molecule has 0 spiro atoms. The van der Waals surface area contributed by atoms with Crippen molar-refractivity contribution in [3.63, 3.8) is 0 Å². The number of carbonyl (C=O) groups excluding carboxylic acids is 2. The van der Waals surface area contributed by atoms with Crippen molar-refractivity contribution in [3.05, 3.63) is 52.5 Å². The topological polar surface area (TPSA) is 108 Å². The van der Waals surface area contributed by atoms with Crippen LogP contribution in [-0.4, -0.2) is 27.9 Å². The lowest BCUT2D eigenvalue weighted by molar-refractivity contribution is -0.137. The van der Waals surface area contributed by atoms with Crippen LogP contribution >= 0.6 is 22.9 Å². The van der Waals surface area contributed by atoms with Crippen LogP contribution in [0.25, 0.3) is 10.2 Å². The number of carboxylic acid groups (broad SMARTS) is 1. The maximum absolute atomic E-state index is 12.6. The molecule has 150 valence electrons. The molecule has 0 atom stereocenters. The second kappa shape index (κ2) is 9.02. The zero-order chi connectivity index (χ0) is 21.0. The Morgan fingerprint density at radius 3 is 2.66 bits per heavy atom. The molecular formula is C20H18ClN3O4S. The number of nitrogens with zero attached hydrogens (tertiary/aromatic N) is 1. The Hall–Kier alpha value is -2.97. The molecule has 3 N–H and O–H groups in total. The van der Waals surface area contributed by atoms with E-state index >= 15 is 0 Å². The standard InChI is InChI=1S/C20H18ClN3O4S/c1-11-4-2-5-13(21)18(11)24-19(28)12-8-9-14-15(10-12)29-20(22-14)23-16(25)6-3-7-17(26)27/h2,4-5,8-10H,3,6-7H2,1H3,(H,24,28)(H,26,27)(H,22,23,25). The van der Waals surface area contributed by atoms with Gasteiger partial charge < -0.3 is 15.7 Å². The number of amides is 2. The van der Waals surface area contributed by atoms with E-state index in [0.717, 1.165) is 10.3 Å².